The summed E-state index contributed by atoms with van der Waals surface area (Å²) in [5.41, 5.74) is 10.8. The number of nitrogens with zero attached hydrogens (tertiary/aromatic N) is 7. The monoisotopic (exact) mass is 1110 g/mol. The SMILES string of the molecule is Cc1ncsc1-c1ccc([C@H](C)NC(=O)[C@@H]2C[C@@H](O)CN2C(=O)[C@@H](N(CCCN2CCN(c3ccc(-c4cnc5[nH]cc(C(=O)c6c(F)ccc(NS(=O)(=O)N7CC[C@@H](F)C7)c6F)c5c4)cc3)CC2)C(N)=O)C(C)(C)C)cc1. The summed E-state index contributed by atoms with van der Waals surface area (Å²) in [7, 11) is -4.39. The second-order valence-electron chi connectivity index (χ2n) is 21.3. The third kappa shape index (κ3) is 11.9. The Hall–Kier alpha value is -6.92. The zero-order valence-corrected chi connectivity index (χ0v) is 45.6. The van der Waals surface area contributed by atoms with Gasteiger partial charge in [-0.15, -0.1) is 11.3 Å². The van der Waals surface area contributed by atoms with Crippen molar-refractivity contribution >= 4 is 67.6 Å². The molecule has 6 N–H and O–H groups in total. The quantitative estimate of drug-likeness (QED) is 0.0583. The number of halogens is 3. The predicted octanol–water partition coefficient (Wildman–Crippen LogP) is 7.02. The van der Waals surface area contributed by atoms with Gasteiger partial charge < -0.3 is 35.8 Å². The van der Waals surface area contributed by atoms with Crippen molar-refractivity contribution in [3.8, 4) is 21.6 Å². The van der Waals surface area contributed by atoms with Gasteiger partial charge in [0, 0.05) is 93.4 Å². The number of aryl methyl sites for hydroxylation is 1. The number of aliphatic hydroxyl groups excluding tert-OH is 1. The molecule has 0 radical (unpaired) electrons. The minimum Gasteiger partial charge on any atom is -0.391 e. The summed E-state index contributed by atoms with van der Waals surface area (Å²) < 4.78 is 73.4. The molecule has 0 aliphatic carbocycles. The highest BCUT2D eigenvalue weighted by Crippen LogP contribution is 2.34. The second kappa shape index (κ2) is 22.8. The van der Waals surface area contributed by atoms with Crippen LogP contribution < -0.4 is 20.7 Å². The standard InChI is InChI=1S/C55H64F3N11O7S2/c1-32(34-7-9-36(10-8-34)49-33(2)62-31-77-49)63-52(72)45-26-40(70)30-69(45)53(73)50(55(3,4)5)68(54(59)74)19-6-18-65-21-23-66(24-22-65)39-13-11-35(12-14-39)37-25-41-42(28-61-51(41)60-27-37)48(71)46-43(57)15-16-44(47(46)58)64-78(75,76)67-20-17-38(56)29-67/h7-16,25,27-28,31-32,38,40,45,50,64,70H,6,17-24,26,29-30H2,1-5H3,(H2,59,74)(H,60,61)(H,63,72)/t32-,38+,40+,45-,50+/m0/s1. The van der Waals surface area contributed by atoms with Crippen LogP contribution in [0, 0.1) is 24.0 Å². The van der Waals surface area contributed by atoms with Gasteiger partial charge in [-0.1, -0.05) is 57.2 Å². The van der Waals surface area contributed by atoms with E-state index in [1.165, 1.54) is 16.0 Å². The lowest BCUT2D eigenvalue weighted by atomic mass is 9.84. The van der Waals surface area contributed by atoms with Gasteiger partial charge in [0.15, 0.2) is 5.82 Å². The Kier molecular flexibility index (Phi) is 16.3. The summed E-state index contributed by atoms with van der Waals surface area (Å²) in [5.74, 6) is -4.49. The van der Waals surface area contributed by atoms with Gasteiger partial charge in [0.25, 0.3) is 0 Å². The maximum absolute atomic E-state index is 15.8. The molecular weight excluding hydrogens is 1050 g/mol. The third-order valence-corrected chi connectivity index (χ3v) is 17.3. The number of aromatic nitrogens is 3. The first-order chi connectivity index (χ1) is 37.1. The average molecular weight is 1110 g/mol. The van der Waals surface area contributed by atoms with Crippen LogP contribution in [-0.2, 0) is 19.8 Å². The molecule has 6 aromatic rings. The van der Waals surface area contributed by atoms with Crippen LogP contribution in [0.2, 0.25) is 0 Å². The number of aromatic amines is 1. The molecule has 3 aromatic carbocycles. The third-order valence-electron chi connectivity index (χ3n) is 14.9. The summed E-state index contributed by atoms with van der Waals surface area (Å²) in [6.07, 6.45) is 1.17. The van der Waals surface area contributed by atoms with E-state index in [2.05, 4.69) is 30.1 Å². The normalized spacial score (nSPS) is 19.3. The predicted molar refractivity (Wildman–Crippen MR) is 293 cm³/mol. The maximum atomic E-state index is 15.8. The van der Waals surface area contributed by atoms with Gasteiger partial charge in [-0.05, 0) is 85.7 Å². The number of fused-ring (bicyclic) bond motifs is 1. The van der Waals surface area contributed by atoms with Crippen molar-refractivity contribution in [2.45, 2.75) is 84.3 Å². The highest BCUT2D eigenvalue weighted by Gasteiger charge is 2.47. The van der Waals surface area contributed by atoms with E-state index in [9.17, 15) is 37.1 Å². The summed E-state index contributed by atoms with van der Waals surface area (Å²) in [6.45, 7) is 12.5. The molecule has 414 valence electrons. The van der Waals surface area contributed by atoms with Gasteiger partial charge in [0.2, 0.25) is 17.6 Å². The lowest BCUT2D eigenvalue weighted by molar-refractivity contribution is -0.145. The number of carbonyl (C=O) groups is 4. The molecular formula is C55H64F3N11O7S2. The summed E-state index contributed by atoms with van der Waals surface area (Å²) in [5, 5.41) is 14.2. The minimum atomic E-state index is -4.39. The number of piperazine rings is 1. The molecule has 0 saturated carbocycles. The number of β-amino-alcohol motifs (C(OH)–C–C–N with tert-alkyl or cyclic N) is 1. The van der Waals surface area contributed by atoms with E-state index >= 15 is 8.78 Å². The molecule has 3 saturated heterocycles. The van der Waals surface area contributed by atoms with Gasteiger partial charge in [-0.2, -0.15) is 12.7 Å². The lowest BCUT2D eigenvalue weighted by Crippen LogP contribution is -2.60. The molecule has 3 fully saturated rings. The number of urea groups is 1. The molecule has 18 nitrogen and oxygen atoms in total. The van der Waals surface area contributed by atoms with Gasteiger partial charge in [0.05, 0.1) is 39.5 Å². The Morgan fingerprint density at radius 3 is 2.29 bits per heavy atom. The number of aliphatic hydroxyl groups is 1. The Balaban J connectivity index is 0.794. The lowest BCUT2D eigenvalue weighted by Gasteiger charge is -2.41. The van der Waals surface area contributed by atoms with Crippen LogP contribution in [0.25, 0.3) is 32.6 Å². The van der Waals surface area contributed by atoms with Gasteiger partial charge in [0.1, 0.15) is 29.7 Å². The van der Waals surface area contributed by atoms with Gasteiger partial charge in [-0.25, -0.2) is 27.9 Å². The molecule has 78 heavy (non-hydrogen) atoms. The number of nitrogens with one attached hydrogen (secondary N) is 3. The van der Waals surface area contributed by atoms with Gasteiger partial charge >= 0.3 is 16.2 Å². The van der Waals surface area contributed by atoms with Crippen molar-refractivity contribution in [3.63, 3.8) is 0 Å². The largest absolute Gasteiger partial charge is 0.391 e. The number of benzene rings is 3. The van der Waals surface area contributed by atoms with E-state index in [1.807, 2.05) is 87.9 Å². The van der Waals surface area contributed by atoms with E-state index in [4.69, 9.17) is 5.73 Å². The van der Waals surface area contributed by atoms with Gasteiger partial charge in [-0.3, -0.25) is 24.0 Å². The van der Waals surface area contributed by atoms with Crippen LogP contribution in [0.3, 0.4) is 0 Å². The van der Waals surface area contributed by atoms with E-state index in [0.29, 0.717) is 42.7 Å². The van der Waals surface area contributed by atoms with E-state index < -0.39 is 93.0 Å². The van der Waals surface area contributed by atoms with Crippen LogP contribution in [0.4, 0.5) is 29.3 Å². The summed E-state index contributed by atoms with van der Waals surface area (Å²) >= 11 is 1.56. The fourth-order valence-corrected chi connectivity index (χ4v) is 12.8. The number of rotatable bonds is 17. The van der Waals surface area contributed by atoms with Crippen molar-refractivity contribution in [2.75, 3.05) is 68.5 Å². The Morgan fingerprint density at radius 1 is 0.949 bits per heavy atom. The summed E-state index contributed by atoms with van der Waals surface area (Å²) in [4.78, 5) is 75.6. The smallest absolute Gasteiger partial charge is 0.315 e. The highest BCUT2D eigenvalue weighted by molar-refractivity contribution is 7.90. The number of anilines is 2. The molecule has 6 heterocycles. The molecule has 4 amide bonds. The number of hydrogen-bond donors (Lipinski definition) is 5. The number of pyridine rings is 1. The van der Waals surface area contributed by atoms with Crippen molar-refractivity contribution in [2.24, 2.45) is 11.1 Å². The van der Waals surface area contributed by atoms with E-state index in [1.54, 1.807) is 29.1 Å². The molecule has 3 aliphatic heterocycles. The Labute approximate surface area is 455 Å². The van der Waals surface area contributed by atoms with Crippen molar-refractivity contribution in [1.82, 2.24) is 39.3 Å². The number of nitrogens with two attached hydrogens (primary N) is 1. The van der Waals surface area contributed by atoms with Crippen molar-refractivity contribution in [1.29, 1.82) is 0 Å². The number of thiazole rings is 1. The molecule has 0 bridgehead atoms. The number of alkyl halides is 1. The minimum absolute atomic E-state index is 0.0144. The number of likely N-dealkylation sites (tertiary alicyclic amines) is 1. The summed E-state index contributed by atoms with van der Waals surface area (Å²) in [6, 6.07) is 15.9. The number of hydrogen-bond acceptors (Lipinski definition) is 12. The topological polar surface area (TPSA) is 230 Å². The first-order valence-corrected chi connectivity index (χ1v) is 28.2. The number of primary amides is 1. The van der Waals surface area contributed by atoms with E-state index in [0.717, 1.165) is 62.5 Å². The Morgan fingerprint density at radius 2 is 1.65 bits per heavy atom. The van der Waals surface area contributed by atoms with Crippen molar-refractivity contribution in [3.05, 3.63) is 119 Å². The van der Waals surface area contributed by atoms with Crippen LogP contribution in [0.1, 0.15) is 80.2 Å². The molecule has 3 aliphatic rings. The van der Waals surface area contributed by atoms with Crippen molar-refractivity contribution < 1.29 is 45.9 Å². The number of amides is 4. The zero-order chi connectivity index (χ0) is 55.8. The van der Waals surface area contributed by atoms with Crippen LogP contribution in [0.15, 0.2) is 84.6 Å². The first-order valence-electron chi connectivity index (χ1n) is 25.9. The molecule has 23 heteroatoms. The number of ketones is 1. The number of H-pyrrole nitrogens is 1. The molecule has 9 rings (SSSR count). The zero-order valence-electron chi connectivity index (χ0n) is 44.0. The fourth-order valence-electron chi connectivity index (χ4n) is 10.7. The maximum Gasteiger partial charge on any atom is 0.315 e. The van der Waals surface area contributed by atoms with Crippen LogP contribution >= 0.6 is 11.3 Å². The molecule has 5 atom stereocenters. The Bertz CT molecular complexity index is 3310. The first kappa shape index (κ1) is 55.8. The average Bonchev–Trinajstić information content (AvgIpc) is 4.26. The number of carbonyl (C=O) groups excluding carboxylic acids is 4. The molecule has 0 spiro atoms. The molecule has 0 unspecified atom stereocenters. The van der Waals surface area contributed by atoms with E-state index in [-0.39, 0.29) is 44.1 Å². The second-order valence-corrected chi connectivity index (χ2v) is 23.9. The van der Waals surface area contributed by atoms with Crippen LogP contribution in [0.5, 0.6) is 0 Å². The molecule has 3 aromatic heterocycles. The van der Waals surface area contributed by atoms with Crippen LogP contribution in [-0.4, -0.2) is 154 Å². The fraction of sp³-hybridized carbons (Fsp3) is 0.418. The highest BCUT2D eigenvalue weighted by atomic mass is 32.2.